The van der Waals surface area contributed by atoms with Gasteiger partial charge in [-0.1, -0.05) is 53.0 Å². The Kier molecular flexibility index (Phi) is 7.25. The maximum Gasteiger partial charge on any atom is 0.339 e. The zero-order valence-corrected chi connectivity index (χ0v) is 20.7. The second kappa shape index (κ2) is 10.4. The van der Waals surface area contributed by atoms with Crippen LogP contribution in [0.1, 0.15) is 21.5 Å². The average Bonchev–Trinajstić information content (AvgIpc) is 3.37. The molecule has 7 nitrogen and oxygen atoms in total. The first kappa shape index (κ1) is 24.5. The van der Waals surface area contributed by atoms with Gasteiger partial charge in [-0.2, -0.15) is 13.5 Å². The number of hydrogen-bond acceptors (Lipinski definition) is 5. The highest BCUT2D eigenvalue weighted by atomic mass is 35.5. The molecule has 0 bridgehead atoms. The molecule has 1 amide bonds. The molecule has 1 aromatic heterocycles. The quantitative estimate of drug-likeness (QED) is 0.192. The van der Waals surface area contributed by atoms with E-state index in [9.17, 15) is 13.2 Å². The molecular weight excluding hydrogens is 509 g/mol. The van der Waals surface area contributed by atoms with Crippen molar-refractivity contribution in [3.63, 3.8) is 0 Å². The molecular formula is C25H19Cl2N3O4S. The lowest BCUT2D eigenvalue weighted by Gasteiger charge is -2.11. The number of halogens is 2. The highest BCUT2D eigenvalue weighted by molar-refractivity contribution is 7.87. The summed E-state index contributed by atoms with van der Waals surface area (Å²) in [5, 5.41) is 3.91. The fraction of sp³-hybridized carbons (Fsp3) is 0.0400. The van der Waals surface area contributed by atoms with Crippen LogP contribution in [0.4, 0.5) is 0 Å². The van der Waals surface area contributed by atoms with Crippen LogP contribution in [0.5, 0.6) is 5.75 Å². The van der Waals surface area contributed by atoms with Crippen LogP contribution in [0, 0.1) is 6.92 Å². The molecule has 1 heterocycles. The standard InChI is InChI=1S/C25H19Cl2N3O4S/c1-17-8-10-19(11-9-17)35(32,33)34-24-21(26)14-18(15-22(24)27)16-28-29-25(31)20-6-2-3-7-23(20)30-12-4-5-13-30/h2-16H,1H3,(H,29,31)/b28-16-. The third kappa shape index (κ3) is 5.74. The largest absolute Gasteiger partial charge is 0.376 e. The summed E-state index contributed by atoms with van der Waals surface area (Å²) >= 11 is 12.5. The van der Waals surface area contributed by atoms with Gasteiger partial charge in [0.1, 0.15) is 4.90 Å². The lowest BCUT2D eigenvalue weighted by molar-refractivity contribution is 0.0955. The van der Waals surface area contributed by atoms with Gasteiger partial charge < -0.3 is 8.75 Å². The summed E-state index contributed by atoms with van der Waals surface area (Å²) in [7, 11) is -4.13. The molecule has 0 atom stereocenters. The third-order valence-corrected chi connectivity index (χ3v) is 6.73. The molecule has 0 unspecified atom stereocenters. The highest BCUT2D eigenvalue weighted by Gasteiger charge is 2.21. The van der Waals surface area contributed by atoms with E-state index in [2.05, 4.69) is 10.5 Å². The van der Waals surface area contributed by atoms with Crippen LogP contribution in [0.3, 0.4) is 0 Å². The predicted molar refractivity (Wildman–Crippen MR) is 136 cm³/mol. The number of nitrogens with one attached hydrogen (secondary N) is 1. The minimum Gasteiger partial charge on any atom is -0.376 e. The molecule has 3 aromatic carbocycles. The minimum absolute atomic E-state index is 0.0243. The number of carbonyl (C=O) groups excluding carboxylic acids is 1. The fourth-order valence-corrected chi connectivity index (χ4v) is 4.85. The predicted octanol–water partition coefficient (Wildman–Crippen LogP) is 5.62. The summed E-state index contributed by atoms with van der Waals surface area (Å²) in [6.45, 7) is 1.84. The van der Waals surface area contributed by atoms with Crippen molar-refractivity contribution in [2.45, 2.75) is 11.8 Å². The van der Waals surface area contributed by atoms with Crippen LogP contribution < -0.4 is 9.61 Å². The summed E-state index contributed by atoms with van der Waals surface area (Å²) in [4.78, 5) is 12.7. The van der Waals surface area contributed by atoms with Crippen molar-refractivity contribution >= 4 is 45.4 Å². The Morgan fingerprint density at radius 2 is 1.60 bits per heavy atom. The molecule has 0 aliphatic rings. The Morgan fingerprint density at radius 1 is 0.971 bits per heavy atom. The van der Waals surface area contributed by atoms with Crippen LogP contribution in [0.2, 0.25) is 10.0 Å². The lowest BCUT2D eigenvalue weighted by Crippen LogP contribution is -2.19. The molecule has 0 fully saturated rings. The van der Waals surface area contributed by atoms with Gasteiger partial charge >= 0.3 is 10.1 Å². The summed E-state index contributed by atoms with van der Waals surface area (Å²) in [6, 6.07) is 19.9. The number of nitrogens with zero attached hydrogens (tertiary/aromatic N) is 2. The summed E-state index contributed by atoms with van der Waals surface area (Å²) in [5.41, 5.74) is 4.94. The number of aryl methyl sites for hydroxylation is 1. The van der Waals surface area contributed by atoms with E-state index in [4.69, 9.17) is 27.4 Å². The van der Waals surface area contributed by atoms with Crippen LogP contribution in [0.25, 0.3) is 5.69 Å². The van der Waals surface area contributed by atoms with E-state index in [0.717, 1.165) is 5.56 Å². The van der Waals surface area contributed by atoms with Gasteiger partial charge in [0, 0.05) is 12.4 Å². The zero-order valence-electron chi connectivity index (χ0n) is 18.4. The molecule has 4 aromatic rings. The maximum atomic E-state index is 12.7. The molecule has 0 saturated heterocycles. The topological polar surface area (TPSA) is 89.8 Å². The number of benzene rings is 3. The van der Waals surface area contributed by atoms with Gasteiger partial charge in [0.05, 0.1) is 27.5 Å². The Hall–Kier alpha value is -3.59. The van der Waals surface area contributed by atoms with E-state index >= 15 is 0 Å². The molecule has 0 aliphatic carbocycles. The third-order valence-electron chi connectivity index (χ3n) is 4.93. The molecule has 1 N–H and O–H groups in total. The van der Waals surface area contributed by atoms with Crippen molar-refractivity contribution in [1.82, 2.24) is 9.99 Å². The van der Waals surface area contributed by atoms with Crippen molar-refractivity contribution in [1.29, 1.82) is 0 Å². The lowest BCUT2D eigenvalue weighted by atomic mass is 10.1. The van der Waals surface area contributed by atoms with Crippen LogP contribution >= 0.6 is 23.2 Å². The monoisotopic (exact) mass is 527 g/mol. The van der Waals surface area contributed by atoms with Crippen molar-refractivity contribution < 1.29 is 17.4 Å². The van der Waals surface area contributed by atoms with Crippen molar-refractivity contribution in [2.24, 2.45) is 5.10 Å². The first-order chi connectivity index (χ1) is 16.7. The SMILES string of the molecule is Cc1ccc(S(=O)(=O)Oc2c(Cl)cc(/C=N\NC(=O)c3ccccc3-n3cccc3)cc2Cl)cc1. The number of para-hydroxylation sites is 1. The summed E-state index contributed by atoms with van der Waals surface area (Å²) < 4.78 is 32.2. The molecule has 0 spiro atoms. The fourth-order valence-electron chi connectivity index (χ4n) is 3.21. The van der Waals surface area contributed by atoms with Gasteiger partial charge in [-0.3, -0.25) is 4.79 Å². The van der Waals surface area contributed by atoms with Gasteiger partial charge in [-0.15, -0.1) is 0 Å². The smallest absolute Gasteiger partial charge is 0.339 e. The minimum atomic E-state index is -4.13. The van der Waals surface area contributed by atoms with E-state index in [-0.39, 0.29) is 20.7 Å². The highest BCUT2D eigenvalue weighted by Crippen LogP contribution is 2.36. The van der Waals surface area contributed by atoms with Gasteiger partial charge in [0.25, 0.3) is 5.91 Å². The van der Waals surface area contributed by atoms with E-state index in [1.165, 1.54) is 30.5 Å². The van der Waals surface area contributed by atoms with Gasteiger partial charge in [-0.25, -0.2) is 5.43 Å². The first-order valence-electron chi connectivity index (χ1n) is 10.3. The number of hydrogen-bond donors (Lipinski definition) is 1. The van der Waals surface area contributed by atoms with E-state index < -0.39 is 16.0 Å². The first-order valence-corrected chi connectivity index (χ1v) is 12.5. The summed E-state index contributed by atoms with van der Waals surface area (Å²) in [5.74, 6) is -0.609. The van der Waals surface area contributed by atoms with Crippen LogP contribution in [-0.4, -0.2) is 25.1 Å². The van der Waals surface area contributed by atoms with Gasteiger partial charge in [0.15, 0.2) is 5.75 Å². The van der Waals surface area contributed by atoms with Crippen molar-refractivity contribution in [2.75, 3.05) is 0 Å². The molecule has 178 valence electrons. The Morgan fingerprint density at radius 3 is 2.26 bits per heavy atom. The number of carbonyl (C=O) groups is 1. The van der Waals surface area contributed by atoms with Crippen LogP contribution in [-0.2, 0) is 10.1 Å². The molecule has 0 saturated carbocycles. The van der Waals surface area contributed by atoms with Crippen molar-refractivity contribution in [3.05, 3.63) is 112 Å². The molecule has 0 aliphatic heterocycles. The Balaban J connectivity index is 1.49. The number of hydrazone groups is 1. The van der Waals surface area contributed by atoms with Crippen molar-refractivity contribution in [3.8, 4) is 11.4 Å². The van der Waals surface area contributed by atoms with Gasteiger partial charge in [0.2, 0.25) is 0 Å². The van der Waals surface area contributed by atoms with E-state index in [1.54, 1.807) is 24.3 Å². The summed E-state index contributed by atoms with van der Waals surface area (Å²) in [6.07, 6.45) is 5.01. The average molecular weight is 528 g/mol. The zero-order chi connectivity index (χ0) is 25.0. The number of aromatic nitrogens is 1. The second-order valence-corrected chi connectivity index (χ2v) is 9.83. The van der Waals surface area contributed by atoms with Crippen LogP contribution in [0.15, 0.2) is 95.2 Å². The molecule has 35 heavy (non-hydrogen) atoms. The Bertz CT molecular complexity index is 1480. The molecule has 4 rings (SSSR count). The Labute approximate surface area is 212 Å². The normalized spacial score (nSPS) is 11.5. The van der Waals surface area contributed by atoms with E-state index in [1.807, 2.05) is 48.1 Å². The second-order valence-electron chi connectivity index (χ2n) is 7.47. The number of rotatable bonds is 7. The molecule has 0 radical (unpaired) electrons. The maximum absolute atomic E-state index is 12.7. The van der Waals surface area contributed by atoms with Gasteiger partial charge in [-0.05, 0) is 61.0 Å². The van der Waals surface area contributed by atoms with E-state index in [0.29, 0.717) is 16.8 Å². The molecule has 10 heteroatoms. The number of amides is 1.